The highest BCUT2D eigenvalue weighted by atomic mass is 16.4. The molecule has 6 heteroatoms. The number of carbonyl (C=O) groups excluding carboxylic acids is 1. The predicted molar refractivity (Wildman–Crippen MR) is 114 cm³/mol. The van der Waals surface area contributed by atoms with Crippen LogP contribution >= 0.6 is 0 Å². The molecule has 1 amide bonds. The van der Waals surface area contributed by atoms with Crippen molar-refractivity contribution in [3.8, 4) is 0 Å². The SMILES string of the molecule is CCc1ccc2oc(=O)cc(CN3C[C@H]4C[C@@H](C3)[C@H](CO)N3C(=O)CCC[C@@H]43)c2c1. The van der Waals surface area contributed by atoms with E-state index in [-0.39, 0.29) is 36.1 Å². The number of aliphatic hydroxyl groups is 1. The highest BCUT2D eigenvalue weighted by molar-refractivity contribution is 5.81. The van der Waals surface area contributed by atoms with E-state index in [0.29, 0.717) is 24.5 Å². The lowest BCUT2D eigenvalue weighted by molar-refractivity contribution is -0.155. The maximum absolute atomic E-state index is 12.6. The Morgan fingerprint density at radius 3 is 2.80 bits per heavy atom. The van der Waals surface area contributed by atoms with E-state index in [9.17, 15) is 14.7 Å². The van der Waals surface area contributed by atoms with Gasteiger partial charge in [-0.05, 0) is 60.8 Å². The van der Waals surface area contributed by atoms with Crippen molar-refractivity contribution in [2.75, 3.05) is 19.7 Å². The van der Waals surface area contributed by atoms with Crippen molar-refractivity contribution in [3.05, 3.63) is 45.8 Å². The molecular formula is C24H30N2O4. The number of hydrogen-bond acceptors (Lipinski definition) is 5. The first-order valence-electron chi connectivity index (χ1n) is 11.3. The number of aryl methyl sites for hydroxylation is 1. The lowest BCUT2D eigenvalue weighted by Crippen LogP contribution is -2.65. The van der Waals surface area contributed by atoms with Crippen molar-refractivity contribution in [1.82, 2.24) is 9.80 Å². The molecule has 3 aliphatic heterocycles. The van der Waals surface area contributed by atoms with Crippen LogP contribution in [0.4, 0.5) is 0 Å². The van der Waals surface area contributed by atoms with Crippen LogP contribution in [0.25, 0.3) is 11.0 Å². The first-order chi connectivity index (χ1) is 14.6. The maximum atomic E-state index is 12.6. The van der Waals surface area contributed by atoms with Gasteiger partial charge in [0.05, 0.1) is 12.6 Å². The molecule has 0 unspecified atom stereocenters. The molecule has 30 heavy (non-hydrogen) atoms. The first-order valence-corrected chi connectivity index (χ1v) is 11.3. The smallest absolute Gasteiger partial charge is 0.336 e. The van der Waals surface area contributed by atoms with Gasteiger partial charge in [0.15, 0.2) is 0 Å². The molecule has 3 saturated heterocycles. The number of benzene rings is 1. The van der Waals surface area contributed by atoms with Crippen LogP contribution in [0.3, 0.4) is 0 Å². The molecule has 160 valence electrons. The van der Waals surface area contributed by atoms with Gasteiger partial charge in [-0.1, -0.05) is 13.0 Å². The van der Waals surface area contributed by atoms with Crippen LogP contribution in [-0.4, -0.2) is 52.6 Å². The van der Waals surface area contributed by atoms with Crippen molar-refractivity contribution in [1.29, 1.82) is 0 Å². The molecule has 3 aliphatic rings. The van der Waals surface area contributed by atoms with Gasteiger partial charge in [-0.3, -0.25) is 9.69 Å². The summed E-state index contributed by atoms with van der Waals surface area (Å²) in [5.41, 5.74) is 2.57. The number of likely N-dealkylation sites (tertiary alicyclic amines) is 1. The zero-order chi connectivity index (χ0) is 20.8. The predicted octanol–water partition coefficient (Wildman–Crippen LogP) is 2.55. The Morgan fingerprint density at radius 1 is 1.17 bits per heavy atom. The second-order valence-electron chi connectivity index (χ2n) is 9.24. The Kier molecular flexibility index (Phi) is 5.15. The molecule has 0 aliphatic carbocycles. The van der Waals surface area contributed by atoms with Crippen molar-refractivity contribution in [2.45, 2.75) is 57.7 Å². The molecule has 0 radical (unpaired) electrons. The maximum Gasteiger partial charge on any atom is 0.336 e. The molecule has 0 saturated carbocycles. The van der Waals surface area contributed by atoms with E-state index in [1.807, 2.05) is 17.0 Å². The van der Waals surface area contributed by atoms with Crippen molar-refractivity contribution >= 4 is 16.9 Å². The minimum absolute atomic E-state index is 0.0329. The highest BCUT2D eigenvalue weighted by Crippen LogP contribution is 2.41. The number of rotatable bonds is 4. The molecule has 3 fully saturated rings. The van der Waals surface area contributed by atoms with Gasteiger partial charge in [0.2, 0.25) is 5.91 Å². The van der Waals surface area contributed by atoms with E-state index in [1.165, 1.54) is 5.56 Å². The fourth-order valence-electron chi connectivity index (χ4n) is 6.10. The third-order valence-electron chi connectivity index (χ3n) is 7.45. The van der Waals surface area contributed by atoms with E-state index < -0.39 is 0 Å². The van der Waals surface area contributed by atoms with Gasteiger partial charge >= 0.3 is 5.63 Å². The lowest BCUT2D eigenvalue weighted by Gasteiger charge is -2.56. The normalized spacial score (nSPS) is 29.3. The fourth-order valence-corrected chi connectivity index (χ4v) is 6.10. The summed E-state index contributed by atoms with van der Waals surface area (Å²) in [4.78, 5) is 29.2. The van der Waals surface area contributed by atoms with Gasteiger partial charge in [-0.25, -0.2) is 4.79 Å². The van der Waals surface area contributed by atoms with Crippen molar-refractivity contribution in [2.24, 2.45) is 11.8 Å². The van der Waals surface area contributed by atoms with Crippen LogP contribution in [0.1, 0.15) is 43.7 Å². The molecule has 6 nitrogen and oxygen atoms in total. The number of hydrogen-bond donors (Lipinski definition) is 1. The molecule has 2 aromatic rings. The summed E-state index contributed by atoms with van der Waals surface area (Å²) in [5.74, 6) is 0.935. The Hall–Kier alpha value is -2.18. The summed E-state index contributed by atoms with van der Waals surface area (Å²) < 4.78 is 5.43. The van der Waals surface area contributed by atoms with Gasteiger partial charge < -0.3 is 14.4 Å². The average Bonchev–Trinajstić information content (AvgIpc) is 2.74. The number of nitrogens with zero attached hydrogens (tertiary/aromatic N) is 2. The van der Waals surface area contributed by atoms with Crippen LogP contribution in [0.15, 0.2) is 33.5 Å². The topological polar surface area (TPSA) is 74.0 Å². The zero-order valence-electron chi connectivity index (χ0n) is 17.5. The summed E-state index contributed by atoms with van der Waals surface area (Å²) in [6, 6.07) is 7.85. The van der Waals surface area contributed by atoms with Gasteiger partial charge in [0.1, 0.15) is 5.58 Å². The minimum Gasteiger partial charge on any atom is -0.423 e. The van der Waals surface area contributed by atoms with Gasteiger partial charge in [0.25, 0.3) is 0 Å². The van der Waals surface area contributed by atoms with Crippen molar-refractivity contribution < 1.29 is 14.3 Å². The molecular weight excluding hydrogens is 380 g/mol. The molecule has 1 aromatic heterocycles. The van der Waals surface area contributed by atoms with Gasteiger partial charge in [0, 0.05) is 43.5 Å². The van der Waals surface area contributed by atoms with Gasteiger partial charge in [-0.15, -0.1) is 0 Å². The minimum atomic E-state index is -0.309. The van der Waals surface area contributed by atoms with Crippen molar-refractivity contribution in [3.63, 3.8) is 0 Å². The zero-order valence-corrected chi connectivity index (χ0v) is 17.5. The number of fused-ring (bicyclic) bond motifs is 5. The second-order valence-corrected chi connectivity index (χ2v) is 9.24. The lowest BCUT2D eigenvalue weighted by atomic mass is 9.72. The van der Waals surface area contributed by atoms with E-state index in [1.54, 1.807) is 6.07 Å². The Morgan fingerprint density at radius 2 is 2.00 bits per heavy atom. The summed E-state index contributed by atoms with van der Waals surface area (Å²) in [5, 5.41) is 11.1. The summed E-state index contributed by atoms with van der Waals surface area (Å²) in [6.07, 6.45) is 4.61. The molecule has 4 atom stereocenters. The monoisotopic (exact) mass is 410 g/mol. The number of aliphatic hydroxyl groups excluding tert-OH is 1. The quantitative estimate of drug-likeness (QED) is 0.784. The van der Waals surface area contributed by atoms with E-state index in [4.69, 9.17) is 4.42 Å². The Bertz CT molecular complexity index is 1000. The largest absolute Gasteiger partial charge is 0.423 e. The molecule has 1 N–H and O–H groups in total. The van der Waals surface area contributed by atoms with Crippen LogP contribution in [0.2, 0.25) is 0 Å². The van der Waals surface area contributed by atoms with E-state index in [2.05, 4.69) is 17.9 Å². The molecule has 4 heterocycles. The average molecular weight is 411 g/mol. The van der Waals surface area contributed by atoms with Crippen LogP contribution in [0.5, 0.6) is 0 Å². The Balaban J connectivity index is 1.45. The fraction of sp³-hybridized carbons (Fsp3) is 0.583. The third-order valence-corrected chi connectivity index (χ3v) is 7.45. The summed E-state index contributed by atoms with van der Waals surface area (Å²) in [6.45, 7) is 4.62. The van der Waals surface area contributed by atoms with Crippen LogP contribution in [-0.2, 0) is 17.8 Å². The molecule has 1 aromatic carbocycles. The Labute approximate surface area is 176 Å². The summed E-state index contributed by atoms with van der Waals surface area (Å²) in [7, 11) is 0. The first kappa shape index (κ1) is 19.8. The van der Waals surface area contributed by atoms with Crippen LogP contribution in [0, 0.1) is 11.8 Å². The van der Waals surface area contributed by atoms with Crippen LogP contribution < -0.4 is 5.63 Å². The van der Waals surface area contributed by atoms with E-state index in [0.717, 1.165) is 49.7 Å². The molecule has 2 bridgehead atoms. The summed E-state index contributed by atoms with van der Waals surface area (Å²) >= 11 is 0. The standard InChI is InChI=1S/C24H30N2O4/c1-2-15-6-7-22-19(8-15)16(10-24(29)30-22)11-25-12-17-9-18(13-25)21(14-27)26-20(17)4-3-5-23(26)28/h6-8,10,17-18,20-21,27H,2-5,9,11-14H2,1H3/t17-,18+,20+,21+/m1/s1. The van der Waals surface area contributed by atoms with Gasteiger partial charge in [-0.2, -0.15) is 0 Å². The number of amides is 1. The van der Waals surface area contributed by atoms with E-state index >= 15 is 0 Å². The third kappa shape index (κ3) is 3.36. The number of piperidine rings is 3. The number of carbonyl (C=O) groups is 1. The highest BCUT2D eigenvalue weighted by Gasteiger charge is 2.49. The second kappa shape index (κ2) is 7.82. The molecule has 0 spiro atoms. The molecule has 5 rings (SSSR count).